The van der Waals surface area contributed by atoms with Gasteiger partial charge in [0, 0.05) is 35.7 Å². The van der Waals surface area contributed by atoms with E-state index in [1.165, 1.54) is 24.3 Å². The minimum absolute atomic E-state index is 0.00833. The van der Waals surface area contributed by atoms with Gasteiger partial charge in [-0.1, -0.05) is 18.2 Å². The molecule has 0 aromatic heterocycles. The van der Waals surface area contributed by atoms with E-state index in [1.54, 1.807) is 0 Å². The lowest BCUT2D eigenvalue weighted by atomic mass is 9.77. The number of fused-ring (bicyclic) bond motifs is 1. The number of carbonyl (C=O) groups excluding carboxylic acids is 2. The fraction of sp³-hybridized carbons (Fsp3) is 0.273. The van der Waals surface area contributed by atoms with Crippen LogP contribution in [-0.2, 0) is 4.79 Å². The first-order valence-corrected chi connectivity index (χ1v) is 10.1. The van der Waals surface area contributed by atoms with Crippen LogP contribution < -0.4 is 10.1 Å². The van der Waals surface area contributed by atoms with Gasteiger partial charge in [0.05, 0.1) is 12.0 Å². The van der Waals surface area contributed by atoms with Crippen LogP contribution in [-0.4, -0.2) is 54.3 Å². The average molecular weight is 518 g/mol. The highest BCUT2D eigenvalue weighted by Crippen LogP contribution is 2.39. The van der Waals surface area contributed by atoms with Crippen LogP contribution in [0, 0.1) is 22.6 Å². The van der Waals surface area contributed by atoms with Crippen LogP contribution >= 0.6 is 0 Å². The smallest absolute Gasteiger partial charge is 0.403 e. The molecule has 7 nitrogen and oxygen atoms in total. The Kier molecular flexibility index (Phi) is 7.36. The number of nitrogens with zero attached hydrogens (tertiary/aromatic N) is 1. The molecule has 3 rings (SSSR count). The number of anilines is 1. The van der Waals surface area contributed by atoms with Crippen LogP contribution in [0.4, 0.5) is 36.4 Å². The van der Waals surface area contributed by atoms with Gasteiger partial charge >= 0.3 is 12.5 Å². The predicted molar refractivity (Wildman–Crippen MR) is 113 cm³/mol. The second-order valence-electron chi connectivity index (χ2n) is 7.70. The van der Waals surface area contributed by atoms with Crippen molar-refractivity contribution in [1.29, 1.82) is 10.8 Å². The first-order valence-electron chi connectivity index (χ1n) is 10.1. The summed E-state index contributed by atoms with van der Waals surface area (Å²) in [4.78, 5) is 26.6. The average Bonchev–Trinajstić information content (AvgIpc) is 2.77. The Hall–Kier alpha value is -3.97. The third-order valence-electron chi connectivity index (χ3n) is 5.32. The molecule has 14 heteroatoms. The van der Waals surface area contributed by atoms with Crippen LogP contribution in [0.1, 0.15) is 21.8 Å². The van der Waals surface area contributed by atoms with E-state index >= 15 is 0 Å². The maximum atomic E-state index is 13.8. The topological polar surface area (TPSA) is 106 Å². The lowest BCUT2D eigenvalue weighted by molar-refractivity contribution is -0.275. The molecule has 2 aromatic carbocycles. The Morgan fingerprint density at radius 3 is 2.31 bits per heavy atom. The molecule has 1 aliphatic heterocycles. The molecule has 0 saturated carbocycles. The molecule has 2 atom stereocenters. The van der Waals surface area contributed by atoms with Gasteiger partial charge in [-0.2, -0.15) is 13.2 Å². The maximum Gasteiger partial charge on any atom is 0.573 e. The normalized spacial score (nSPS) is 18.8. The fourth-order valence-electron chi connectivity index (χ4n) is 3.96. The molecule has 0 radical (unpaired) electrons. The summed E-state index contributed by atoms with van der Waals surface area (Å²) in [5.74, 6) is -7.78. The summed E-state index contributed by atoms with van der Waals surface area (Å²) in [5.41, 5.74) is -0.615. The number of hydrogen-bond acceptors (Lipinski definition) is 5. The zero-order chi connectivity index (χ0) is 26.8. The van der Waals surface area contributed by atoms with E-state index < -0.39 is 60.3 Å². The van der Waals surface area contributed by atoms with Crippen molar-refractivity contribution in [3.63, 3.8) is 0 Å². The Labute approximate surface area is 198 Å². The van der Waals surface area contributed by atoms with Crippen molar-refractivity contribution >= 4 is 29.9 Å². The van der Waals surface area contributed by atoms with Crippen molar-refractivity contribution < 1.29 is 45.1 Å². The number of hydrogen-bond donors (Lipinski definition) is 3. The van der Waals surface area contributed by atoms with E-state index in [0.717, 1.165) is 6.07 Å². The lowest BCUT2D eigenvalue weighted by Gasteiger charge is -2.43. The highest BCUT2D eigenvalue weighted by atomic mass is 19.4. The number of ether oxygens (including phenoxy) is 1. The van der Waals surface area contributed by atoms with Crippen molar-refractivity contribution in [2.75, 3.05) is 11.9 Å². The molecule has 1 aliphatic rings. The molecule has 0 fully saturated rings. The largest absolute Gasteiger partial charge is 0.573 e. The van der Waals surface area contributed by atoms with Crippen molar-refractivity contribution in [2.45, 2.75) is 24.5 Å². The quantitative estimate of drug-likeness (QED) is 0.364. The van der Waals surface area contributed by atoms with Crippen LogP contribution in [0.2, 0.25) is 0 Å². The minimum atomic E-state index is -5.24. The Bertz CT molecular complexity index is 1170. The molecule has 192 valence electrons. The van der Waals surface area contributed by atoms with E-state index in [-0.39, 0.29) is 16.8 Å². The van der Waals surface area contributed by atoms with Gasteiger partial charge < -0.3 is 25.8 Å². The monoisotopic (exact) mass is 518 g/mol. The Morgan fingerprint density at radius 1 is 1.08 bits per heavy atom. The Balaban J connectivity index is 2.09. The number of halogens is 7. The molecular formula is C22H17F7N4O3. The first kappa shape index (κ1) is 26.6. The summed E-state index contributed by atoms with van der Waals surface area (Å²) in [7, 11) is 0. The second-order valence-corrected chi connectivity index (χ2v) is 7.70. The molecular weight excluding hydrogens is 501 g/mol. The van der Waals surface area contributed by atoms with Crippen molar-refractivity contribution in [3.8, 4) is 5.75 Å². The maximum absolute atomic E-state index is 13.8. The van der Waals surface area contributed by atoms with E-state index in [4.69, 9.17) is 10.8 Å². The third kappa shape index (κ3) is 5.80. The zero-order valence-corrected chi connectivity index (χ0v) is 18.0. The number of alkyl halides is 6. The summed E-state index contributed by atoms with van der Waals surface area (Å²) >= 11 is 0. The second kappa shape index (κ2) is 9.95. The van der Waals surface area contributed by atoms with Crippen LogP contribution in [0.15, 0.2) is 42.5 Å². The van der Waals surface area contributed by atoms with Gasteiger partial charge in [-0.3, -0.25) is 9.59 Å². The highest BCUT2D eigenvalue weighted by molar-refractivity contribution is 6.05. The molecule has 0 unspecified atom stereocenters. The van der Waals surface area contributed by atoms with Crippen LogP contribution in [0.25, 0.3) is 0 Å². The van der Waals surface area contributed by atoms with Crippen molar-refractivity contribution in [3.05, 3.63) is 59.4 Å². The zero-order valence-electron chi connectivity index (χ0n) is 18.0. The number of carbonyl (C=O) groups is 2. The Morgan fingerprint density at radius 2 is 1.72 bits per heavy atom. The van der Waals surface area contributed by atoms with Crippen LogP contribution in [0.3, 0.4) is 0 Å². The van der Waals surface area contributed by atoms with Gasteiger partial charge in [0.1, 0.15) is 6.54 Å². The van der Waals surface area contributed by atoms with E-state index in [1.807, 2.05) is 0 Å². The molecule has 0 aliphatic carbocycles. The number of benzene rings is 2. The SMILES string of the molecule is N=CC(C=N)[C@@H]1[C@@H](C(=O)Nc2ccc(F)c(OC(F)(F)F)c2)c2ccccc2C(=O)N1CC(F)(F)F. The number of amides is 2. The third-order valence-corrected chi connectivity index (χ3v) is 5.32. The van der Waals surface area contributed by atoms with Gasteiger partial charge in [-0.15, -0.1) is 13.2 Å². The predicted octanol–water partition coefficient (Wildman–Crippen LogP) is 4.75. The summed E-state index contributed by atoms with van der Waals surface area (Å²) in [6.45, 7) is -1.78. The molecule has 0 bridgehead atoms. The first-order chi connectivity index (χ1) is 16.8. The minimum Gasteiger partial charge on any atom is -0.403 e. The highest BCUT2D eigenvalue weighted by Gasteiger charge is 2.49. The van der Waals surface area contributed by atoms with Gasteiger partial charge in [0.15, 0.2) is 11.6 Å². The molecule has 0 spiro atoms. The molecule has 3 N–H and O–H groups in total. The summed E-state index contributed by atoms with van der Waals surface area (Å²) in [5, 5.41) is 17.3. The molecule has 2 amide bonds. The molecule has 0 saturated heterocycles. The lowest BCUT2D eigenvalue weighted by Crippen LogP contribution is -2.57. The van der Waals surface area contributed by atoms with Gasteiger partial charge in [0.2, 0.25) is 5.91 Å². The molecule has 36 heavy (non-hydrogen) atoms. The number of nitrogens with one attached hydrogen (secondary N) is 3. The van der Waals surface area contributed by atoms with Crippen molar-refractivity contribution in [2.24, 2.45) is 5.92 Å². The molecule has 2 aromatic rings. The number of rotatable bonds is 7. The van der Waals surface area contributed by atoms with Gasteiger partial charge in [-0.25, -0.2) is 4.39 Å². The van der Waals surface area contributed by atoms with Gasteiger partial charge in [-0.05, 0) is 23.8 Å². The summed E-state index contributed by atoms with van der Waals surface area (Å²) < 4.78 is 95.1. The van der Waals surface area contributed by atoms with E-state index in [0.29, 0.717) is 29.5 Å². The summed E-state index contributed by atoms with van der Waals surface area (Å²) in [6, 6.07) is 5.65. The van der Waals surface area contributed by atoms with Gasteiger partial charge in [0.25, 0.3) is 5.91 Å². The molecule has 1 heterocycles. The van der Waals surface area contributed by atoms with E-state index in [2.05, 4.69) is 10.1 Å². The van der Waals surface area contributed by atoms with E-state index in [9.17, 15) is 40.3 Å². The van der Waals surface area contributed by atoms with Crippen molar-refractivity contribution in [1.82, 2.24) is 4.90 Å². The standard InChI is InChI=1S/C22H17F7N4O3/c23-15-6-5-12(7-16(15)36-22(27,28)29)32-19(34)17-13-3-1-2-4-14(13)20(35)33(10-21(24,25)26)18(17)11(8-30)9-31/h1-9,11,17-18,30-31H,10H2,(H,32,34)/t11?,17-,18+/m0/s1. The summed E-state index contributed by atoms with van der Waals surface area (Å²) in [6.07, 6.45) is -8.92. The fourth-order valence-corrected chi connectivity index (χ4v) is 3.96. The van der Waals surface area contributed by atoms with Crippen LogP contribution in [0.5, 0.6) is 5.75 Å².